The van der Waals surface area contributed by atoms with Crippen LogP contribution in [0.4, 0.5) is 0 Å². The second-order valence-corrected chi connectivity index (χ2v) is 18.5. The Hall–Kier alpha value is -1.16. The van der Waals surface area contributed by atoms with Gasteiger partial charge in [0, 0.05) is 25.0 Å². The third kappa shape index (κ3) is 4.72. The van der Waals surface area contributed by atoms with Gasteiger partial charge in [0.2, 0.25) is 0 Å². The molecule has 4 aromatic rings. The standard InChI is InChI=1S/C24H25Cl3O3Si2/c1-4-28-32(29-5-2,30-6-3)24-10-8-18-12-19-13-21-15-23(31(25,26)27)9-7-17(21)11-20(19)14-22(18)16-24/h7-16H,4-6H2,1-3H3. The first kappa shape index (κ1) is 24.0. The molecule has 0 aliphatic heterocycles. The van der Waals surface area contributed by atoms with Gasteiger partial charge in [0.15, 0.2) is 0 Å². The van der Waals surface area contributed by atoms with Crippen molar-refractivity contribution in [3.63, 3.8) is 0 Å². The van der Waals surface area contributed by atoms with E-state index in [0.717, 1.165) is 42.7 Å². The summed E-state index contributed by atoms with van der Waals surface area (Å²) in [7, 11) is -2.96. The van der Waals surface area contributed by atoms with Gasteiger partial charge in [-0.1, -0.05) is 30.3 Å². The van der Waals surface area contributed by atoms with Crippen molar-refractivity contribution in [3.05, 3.63) is 60.7 Å². The molecule has 32 heavy (non-hydrogen) atoms. The summed E-state index contributed by atoms with van der Waals surface area (Å²) in [5, 5.41) is 8.51. The molecule has 0 aliphatic carbocycles. The molecule has 0 fully saturated rings. The van der Waals surface area contributed by atoms with E-state index < -0.39 is 14.8 Å². The van der Waals surface area contributed by atoms with Gasteiger partial charge in [0.05, 0.1) is 0 Å². The highest BCUT2D eigenvalue weighted by Crippen LogP contribution is 2.29. The summed E-state index contributed by atoms with van der Waals surface area (Å²) in [5.41, 5.74) is 0. The van der Waals surface area contributed by atoms with Gasteiger partial charge in [-0.3, -0.25) is 0 Å². The van der Waals surface area contributed by atoms with Gasteiger partial charge in [0.1, 0.15) is 0 Å². The smallest absolute Gasteiger partial charge is 0.370 e. The summed E-state index contributed by atoms with van der Waals surface area (Å²) in [6.07, 6.45) is 0. The zero-order chi connectivity index (χ0) is 22.9. The molecule has 0 saturated carbocycles. The zero-order valence-electron chi connectivity index (χ0n) is 18.3. The lowest BCUT2D eigenvalue weighted by Gasteiger charge is -2.28. The summed E-state index contributed by atoms with van der Waals surface area (Å²) in [6.45, 7) is 7.51. The molecule has 0 bridgehead atoms. The van der Waals surface area contributed by atoms with Crippen molar-refractivity contribution < 1.29 is 13.3 Å². The van der Waals surface area contributed by atoms with Crippen LogP contribution in [0.15, 0.2) is 60.7 Å². The van der Waals surface area contributed by atoms with E-state index >= 15 is 0 Å². The molecule has 0 atom stereocenters. The topological polar surface area (TPSA) is 27.7 Å². The predicted molar refractivity (Wildman–Crippen MR) is 142 cm³/mol. The van der Waals surface area contributed by atoms with Gasteiger partial charge in [0.25, 0.3) is 0 Å². The van der Waals surface area contributed by atoms with Gasteiger partial charge in [-0.15, -0.1) is 33.2 Å². The average Bonchev–Trinajstić information content (AvgIpc) is 2.75. The molecule has 4 rings (SSSR count). The van der Waals surface area contributed by atoms with E-state index in [1.54, 1.807) is 0 Å². The summed E-state index contributed by atoms with van der Waals surface area (Å²) in [4.78, 5) is 0. The second-order valence-electron chi connectivity index (χ2n) is 7.53. The molecule has 0 saturated heterocycles. The maximum absolute atomic E-state index is 6.22. The summed E-state index contributed by atoms with van der Waals surface area (Å²) >= 11 is 18.6. The molecular weight excluding hydrogens is 499 g/mol. The maximum Gasteiger partial charge on any atom is 0.537 e. The fourth-order valence-corrected chi connectivity index (χ4v) is 8.22. The van der Waals surface area contributed by atoms with Crippen LogP contribution in [0.2, 0.25) is 0 Å². The van der Waals surface area contributed by atoms with Gasteiger partial charge < -0.3 is 13.3 Å². The van der Waals surface area contributed by atoms with Crippen LogP contribution in [0.25, 0.3) is 32.3 Å². The summed E-state index contributed by atoms with van der Waals surface area (Å²) < 4.78 is 18.3. The van der Waals surface area contributed by atoms with Crippen LogP contribution in [-0.2, 0) is 13.3 Å². The molecule has 0 spiro atoms. The lowest BCUT2D eigenvalue weighted by Crippen LogP contribution is -2.56. The third-order valence-electron chi connectivity index (χ3n) is 5.43. The minimum absolute atomic E-state index is 0.535. The van der Waals surface area contributed by atoms with Crippen LogP contribution in [0, 0.1) is 0 Å². The van der Waals surface area contributed by atoms with Crippen molar-refractivity contribution in [1.82, 2.24) is 0 Å². The molecule has 4 aromatic carbocycles. The molecule has 0 amide bonds. The van der Waals surface area contributed by atoms with Crippen LogP contribution in [0.5, 0.6) is 0 Å². The largest absolute Gasteiger partial charge is 0.537 e. The molecule has 8 heteroatoms. The summed E-state index contributed by atoms with van der Waals surface area (Å²) in [6, 6.07) is 18.1. The van der Waals surface area contributed by atoms with Crippen molar-refractivity contribution in [1.29, 1.82) is 0 Å². The van der Waals surface area contributed by atoms with Crippen LogP contribution in [0.1, 0.15) is 20.8 Å². The SMILES string of the molecule is CCO[Si](OCC)(OCC)c1ccc2cc3cc4cc([Si](Cl)(Cl)Cl)ccc4cc3cc2c1. The summed E-state index contributed by atoms with van der Waals surface area (Å²) in [5.74, 6) is 0. The monoisotopic (exact) mass is 522 g/mol. The third-order valence-corrected chi connectivity index (χ3v) is 11.4. The molecular formula is C24H25Cl3O3Si2. The molecule has 0 radical (unpaired) electrons. The van der Waals surface area contributed by atoms with Crippen LogP contribution in [-0.4, -0.2) is 34.6 Å². The Morgan fingerprint density at radius 2 is 0.906 bits per heavy atom. The molecule has 0 N–H and O–H groups in total. The van der Waals surface area contributed by atoms with E-state index in [9.17, 15) is 0 Å². The van der Waals surface area contributed by atoms with Crippen molar-refractivity contribution in [2.75, 3.05) is 19.8 Å². The Labute approximate surface area is 204 Å². The minimum atomic E-state index is -2.96. The Bertz CT molecular complexity index is 1260. The fourth-order valence-electron chi connectivity index (χ4n) is 4.06. The maximum atomic E-state index is 6.22. The van der Waals surface area contributed by atoms with Crippen LogP contribution in [0.3, 0.4) is 0 Å². The van der Waals surface area contributed by atoms with Gasteiger partial charge in [-0.05, 0) is 88.6 Å². The Balaban J connectivity index is 1.86. The van der Waals surface area contributed by atoms with E-state index in [2.05, 4.69) is 42.5 Å². The Morgan fingerprint density at radius 1 is 0.531 bits per heavy atom. The first-order valence-corrected chi connectivity index (χ1v) is 17.5. The number of halogens is 3. The number of hydrogen-bond acceptors (Lipinski definition) is 3. The lowest BCUT2D eigenvalue weighted by molar-refractivity contribution is 0.0859. The van der Waals surface area contributed by atoms with E-state index in [1.807, 2.05) is 39.0 Å². The zero-order valence-corrected chi connectivity index (χ0v) is 22.5. The molecule has 168 valence electrons. The van der Waals surface area contributed by atoms with E-state index in [4.69, 9.17) is 46.5 Å². The first-order chi connectivity index (χ1) is 15.3. The van der Waals surface area contributed by atoms with Crippen LogP contribution >= 0.6 is 33.2 Å². The number of benzene rings is 4. The van der Waals surface area contributed by atoms with Crippen molar-refractivity contribution in [3.8, 4) is 0 Å². The highest BCUT2D eigenvalue weighted by molar-refractivity contribution is 7.69. The van der Waals surface area contributed by atoms with Gasteiger partial charge >= 0.3 is 14.8 Å². The molecule has 3 nitrogen and oxygen atoms in total. The van der Waals surface area contributed by atoms with E-state index in [-0.39, 0.29) is 0 Å². The number of hydrogen-bond donors (Lipinski definition) is 0. The number of rotatable bonds is 8. The fraction of sp³-hybridized carbons (Fsp3) is 0.250. The lowest BCUT2D eigenvalue weighted by atomic mass is 10.00. The Morgan fingerprint density at radius 3 is 1.34 bits per heavy atom. The normalized spacial score (nSPS) is 12.8. The molecule has 0 heterocycles. The molecule has 0 aromatic heterocycles. The first-order valence-electron chi connectivity index (χ1n) is 10.7. The highest BCUT2D eigenvalue weighted by Gasteiger charge is 2.43. The second kappa shape index (κ2) is 9.60. The molecule has 0 unspecified atom stereocenters. The van der Waals surface area contributed by atoms with Gasteiger partial charge in [-0.2, -0.15) is 0 Å². The quantitative estimate of drug-likeness (QED) is 0.155. The van der Waals surface area contributed by atoms with Crippen molar-refractivity contribution in [2.45, 2.75) is 20.8 Å². The van der Waals surface area contributed by atoms with Crippen molar-refractivity contribution in [2.24, 2.45) is 0 Å². The minimum Gasteiger partial charge on any atom is -0.370 e. The average molecular weight is 524 g/mol. The van der Waals surface area contributed by atoms with Crippen molar-refractivity contribution >= 4 is 90.7 Å². The van der Waals surface area contributed by atoms with E-state index in [1.165, 1.54) is 0 Å². The van der Waals surface area contributed by atoms with Crippen LogP contribution < -0.4 is 10.4 Å². The van der Waals surface area contributed by atoms with Gasteiger partial charge in [-0.25, -0.2) is 0 Å². The Kier molecular flexibility index (Phi) is 7.20. The predicted octanol–water partition coefficient (Wildman–Crippen LogP) is 6.26. The number of fused-ring (bicyclic) bond motifs is 3. The highest BCUT2D eigenvalue weighted by atomic mass is 35.8. The molecule has 0 aliphatic rings. The van der Waals surface area contributed by atoms with E-state index in [0.29, 0.717) is 19.8 Å².